The Balaban J connectivity index is 1.33. The Morgan fingerprint density at radius 1 is 0.207 bits per heavy atom. The molecule has 0 radical (unpaired) electrons. The predicted octanol–water partition coefficient (Wildman–Crippen LogP) is -2.59. The standard InChI is InChI=1S/C52H92O30/c1-55-17-23-31-29(53)38(62-8)48(72-23)79-33-25(19-57-3)74-50(44(68-14)39(33)63-9)81-35-27(21-59-5)76-52(46(70-16)41(35)65-11)82-36-28(22-60-6)75-51(45(69-15)42(36)66-12)80-34-26(20-58-4)73-49(43(67-13)40(34)64-10)78-32-24(18-56-2)71-47(77-31)30(54)37(32)61-7/h23-54H,17-22H2,1-16H3/t23-,24-,25-,26-,27-,28-,29+,30-,31-,32-,33-,34-,35-,36-,37-,38-,39+,40+,41+,42+,43-,44-,45-,46-,47-,48-,49-,50-,51-,52-/m1/s1. The fourth-order valence-electron chi connectivity index (χ4n) is 12.3. The van der Waals surface area contributed by atoms with Gasteiger partial charge in [-0.05, 0) is 0 Å². The van der Waals surface area contributed by atoms with Crippen LogP contribution in [-0.4, -0.2) is 348 Å². The Morgan fingerprint density at radius 3 is 0.634 bits per heavy atom. The minimum absolute atomic E-state index is 0.0248. The number of methoxy groups -OCH3 is 16. The van der Waals surface area contributed by atoms with Gasteiger partial charge in [-0.15, -0.1) is 0 Å². The summed E-state index contributed by atoms with van der Waals surface area (Å²) in [7, 11) is 23.6. The van der Waals surface area contributed by atoms with Crippen molar-refractivity contribution in [1.29, 1.82) is 0 Å². The average molecular weight is 1200 g/mol. The zero-order valence-electron chi connectivity index (χ0n) is 49.9. The van der Waals surface area contributed by atoms with Gasteiger partial charge in [-0.3, -0.25) is 0 Å². The quantitative estimate of drug-likeness (QED) is 0.112. The topological polar surface area (TPSA) is 299 Å². The van der Waals surface area contributed by atoms with Gasteiger partial charge in [0.25, 0.3) is 0 Å². The molecule has 0 amide bonds. The number of aliphatic hydroxyl groups is 2. The zero-order chi connectivity index (χ0) is 59.4. The van der Waals surface area contributed by atoms with Crippen LogP contribution in [0.4, 0.5) is 0 Å². The molecule has 30 nitrogen and oxygen atoms in total. The van der Waals surface area contributed by atoms with Crippen molar-refractivity contribution in [2.45, 2.75) is 184 Å². The van der Waals surface area contributed by atoms with Crippen molar-refractivity contribution in [2.24, 2.45) is 0 Å². The molecule has 480 valence electrons. The monoisotopic (exact) mass is 1200 g/mol. The Kier molecular flexibility index (Phi) is 27.4. The minimum Gasteiger partial charge on any atom is -0.387 e. The summed E-state index contributed by atoms with van der Waals surface area (Å²) in [5.74, 6) is 0. The van der Waals surface area contributed by atoms with Gasteiger partial charge in [0.2, 0.25) is 0 Å². The van der Waals surface area contributed by atoms with Crippen LogP contribution in [0.25, 0.3) is 0 Å². The second-order valence-electron chi connectivity index (χ2n) is 20.6. The Labute approximate surface area is 479 Å². The van der Waals surface area contributed by atoms with E-state index in [0.717, 1.165) is 0 Å². The summed E-state index contributed by atoms with van der Waals surface area (Å²) < 4.78 is 177. The van der Waals surface area contributed by atoms with Crippen LogP contribution in [0.1, 0.15) is 0 Å². The molecule has 82 heavy (non-hydrogen) atoms. The molecule has 12 bridgehead atoms. The molecule has 22 aliphatic heterocycles. The van der Waals surface area contributed by atoms with Gasteiger partial charge in [0, 0.05) is 114 Å². The summed E-state index contributed by atoms with van der Waals surface area (Å²) in [5.41, 5.74) is 0. The summed E-state index contributed by atoms with van der Waals surface area (Å²) in [6.45, 7) is -0.390. The molecule has 30 atom stereocenters. The van der Waals surface area contributed by atoms with Crippen LogP contribution in [0.15, 0.2) is 0 Å². The van der Waals surface area contributed by atoms with E-state index < -0.39 is 184 Å². The predicted molar refractivity (Wildman–Crippen MR) is 272 cm³/mol. The Hall–Kier alpha value is -1.20. The van der Waals surface area contributed by atoms with E-state index in [2.05, 4.69) is 0 Å². The smallest absolute Gasteiger partial charge is 0.187 e. The molecule has 0 aromatic heterocycles. The van der Waals surface area contributed by atoms with Crippen molar-refractivity contribution in [3.05, 3.63) is 0 Å². The van der Waals surface area contributed by atoms with Gasteiger partial charge in [-0.25, -0.2) is 0 Å². The van der Waals surface area contributed by atoms with Gasteiger partial charge in [-0.1, -0.05) is 0 Å². The highest BCUT2D eigenvalue weighted by Gasteiger charge is 2.61. The van der Waals surface area contributed by atoms with Crippen LogP contribution >= 0.6 is 0 Å². The largest absolute Gasteiger partial charge is 0.387 e. The maximum Gasteiger partial charge on any atom is 0.187 e. The van der Waals surface area contributed by atoms with E-state index >= 15 is 0 Å². The van der Waals surface area contributed by atoms with Crippen LogP contribution in [0, 0.1) is 0 Å². The van der Waals surface area contributed by atoms with Crippen molar-refractivity contribution < 1.29 is 143 Å². The zero-order valence-corrected chi connectivity index (χ0v) is 49.9. The van der Waals surface area contributed by atoms with Crippen LogP contribution < -0.4 is 0 Å². The van der Waals surface area contributed by atoms with Gasteiger partial charge >= 0.3 is 0 Å². The minimum atomic E-state index is -1.58. The van der Waals surface area contributed by atoms with Crippen LogP contribution in [0.5, 0.6) is 0 Å². The van der Waals surface area contributed by atoms with Crippen LogP contribution in [-0.2, 0) is 133 Å². The summed E-state index contributed by atoms with van der Waals surface area (Å²) in [4.78, 5) is 0. The number of hydrogen-bond donors (Lipinski definition) is 2. The lowest BCUT2D eigenvalue weighted by Gasteiger charge is -2.53. The lowest BCUT2D eigenvalue weighted by atomic mass is 9.94. The molecule has 0 aromatic carbocycles. The fourth-order valence-corrected chi connectivity index (χ4v) is 12.3. The maximum atomic E-state index is 12.3. The molecule has 2 N–H and O–H groups in total. The third kappa shape index (κ3) is 14.6. The highest BCUT2D eigenvalue weighted by molar-refractivity contribution is 5.03. The molecule has 0 unspecified atom stereocenters. The van der Waals surface area contributed by atoms with E-state index in [1.807, 2.05) is 0 Å². The van der Waals surface area contributed by atoms with E-state index in [0.29, 0.717) is 0 Å². The highest BCUT2D eigenvalue weighted by atomic mass is 16.8. The first kappa shape index (κ1) is 68.3. The van der Waals surface area contributed by atoms with Crippen LogP contribution in [0.2, 0.25) is 0 Å². The van der Waals surface area contributed by atoms with Gasteiger partial charge in [0.05, 0.1) is 39.6 Å². The summed E-state index contributed by atoms with van der Waals surface area (Å²) >= 11 is 0. The van der Waals surface area contributed by atoms with E-state index in [4.69, 9.17) is 133 Å². The Morgan fingerprint density at radius 2 is 0.402 bits per heavy atom. The number of rotatable bonds is 22. The summed E-state index contributed by atoms with van der Waals surface area (Å²) in [5, 5.41) is 24.5. The van der Waals surface area contributed by atoms with Crippen molar-refractivity contribution >= 4 is 0 Å². The number of hydrogen-bond acceptors (Lipinski definition) is 30. The molecule has 22 fully saturated rings. The van der Waals surface area contributed by atoms with Crippen LogP contribution in [0.3, 0.4) is 0 Å². The van der Waals surface area contributed by atoms with Crippen molar-refractivity contribution in [2.75, 3.05) is 153 Å². The number of aliphatic hydroxyl groups excluding tert-OH is 2. The SMILES string of the molecule is COC[C@H]1O[C@@H]2O[C@H]3[C@H](OC)[C@@H](OC)[C@@H](O[C@H]4[C@H](OC)[C@@H](OC)[C@@H](O[C@H]5[C@H](OC)[C@@H](OC)[C@@H](O[C@H]6[C@H](OC)[C@@H](OC)[C@@H](O[C@H]7[C@H](OC)[C@@H](O)[C@@H](O[C@H]1[C@H](O)[C@H]2OC)O[C@@H]7COC)O[C@@H]6COC)O[C@@H]5COC)O[C@@H]4COC)O[C@@H]3COC. The fraction of sp³-hybridized carbons (Fsp3) is 1.00. The van der Waals surface area contributed by atoms with Gasteiger partial charge in [0.15, 0.2) is 37.7 Å². The van der Waals surface area contributed by atoms with Crippen molar-refractivity contribution in [3.63, 3.8) is 0 Å². The number of ether oxygens (including phenoxy) is 28. The van der Waals surface area contributed by atoms with Gasteiger partial charge in [0.1, 0.15) is 146 Å². The molecule has 0 aromatic rings. The van der Waals surface area contributed by atoms with E-state index in [1.165, 1.54) is 114 Å². The molecule has 30 heteroatoms. The van der Waals surface area contributed by atoms with Crippen molar-refractivity contribution in [3.8, 4) is 0 Å². The molecule has 22 rings (SSSR count). The Bertz CT molecular complexity index is 1800. The maximum absolute atomic E-state index is 12.3. The lowest BCUT2D eigenvalue weighted by molar-refractivity contribution is -0.409. The van der Waals surface area contributed by atoms with E-state index in [9.17, 15) is 10.2 Å². The second kappa shape index (κ2) is 32.9. The molecule has 22 heterocycles. The first-order chi connectivity index (χ1) is 39.8. The van der Waals surface area contributed by atoms with Gasteiger partial charge < -0.3 is 143 Å². The molecule has 0 aliphatic carbocycles. The second-order valence-corrected chi connectivity index (χ2v) is 20.6. The first-order valence-electron chi connectivity index (χ1n) is 27.2. The lowest BCUT2D eigenvalue weighted by Crippen LogP contribution is -2.70. The normalized spacial score (nSPS) is 46.9. The molecular weight excluding hydrogens is 1100 g/mol. The highest BCUT2D eigenvalue weighted by Crippen LogP contribution is 2.41. The molecule has 22 aliphatic rings. The van der Waals surface area contributed by atoms with E-state index in [-0.39, 0.29) is 39.6 Å². The average Bonchev–Trinajstić information content (AvgIpc) is 3.32. The van der Waals surface area contributed by atoms with Gasteiger partial charge in [-0.2, -0.15) is 0 Å². The molecular formula is C52H92O30. The summed E-state index contributed by atoms with van der Waals surface area (Å²) in [6, 6.07) is 0. The van der Waals surface area contributed by atoms with E-state index in [1.54, 1.807) is 0 Å². The molecule has 0 spiro atoms. The first-order valence-corrected chi connectivity index (χ1v) is 27.2. The third-order valence-electron chi connectivity index (χ3n) is 16.1. The third-order valence-corrected chi connectivity index (χ3v) is 16.1. The molecule has 0 saturated carbocycles. The summed E-state index contributed by atoms with van der Waals surface area (Å²) in [6.07, 6.45) is -33.3. The molecule has 22 saturated heterocycles. The van der Waals surface area contributed by atoms with Crippen molar-refractivity contribution in [1.82, 2.24) is 0 Å².